The van der Waals surface area contributed by atoms with Crippen LogP contribution in [0.1, 0.15) is 0 Å². The van der Waals surface area contributed by atoms with Crippen LogP contribution in [0, 0.1) is 0 Å². The van der Waals surface area contributed by atoms with Gasteiger partial charge in [-0.1, -0.05) is 11.6 Å². The van der Waals surface area contributed by atoms with Crippen molar-refractivity contribution in [2.45, 2.75) is 0 Å². The van der Waals surface area contributed by atoms with Gasteiger partial charge in [0.1, 0.15) is 35.2 Å². The predicted molar refractivity (Wildman–Crippen MR) is 72.7 cm³/mol. The average molecular weight is 404 g/mol. The van der Waals surface area contributed by atoms with Crippen molar-refractivity contribution in [3.05, 3.63) is 33.9 Å². The topological polar surface area (TPSA) is 14.2 Å². The molecule has 0 fully saturated rings. The van der Waals surface area contributed by atoms with Crippen molar-refractivity contribution >= 4 is 73.7 Å². The minimum atomic E-state index is 0.725. The summed E-state index contributed by atoms with van der Waals surface area (Å²) in [7, 11) is 0. The quantitative estimate of drug-likeness (QED) is 0.526. The summed E-state index contributed by atoms with van der Waals surface area (Å²) in [5, 5.41) is 1.81. The summed E-state index contributed by atoms with van der Waals surface area (Å²) in [5.74, 6) is 0. The van der Waals surface area contributed by atoms with E-state index in [4.69, 9.17) is 14.1 Å². The van der Waals surface area contributed by atoms with E-state index in [0.29, 0.717) is 0 Å². The molecule has 0 spiro atoms. The molecular weight excluding hydrogens is 400 g/mol. The van der Waals surface area contributed by atoms with Crippen LogP contribution in [0.3, 0.4) is 0 Å². The SMILES string of the molecule is Clc1cc(Br)c2c(ccn2SOI)c1. The maximum Gasteiger partial charge on any atom is 0.129 e. The van der Waals surface area contributed by atoms with Gasteiger partial charge in [0.2, 0.25) is 0 Å². The molecule has 0 aliphatic heterocycles. The molecule has 2 nitrogen and oxygen atoms in total. The Morgan fingerprint density at radius 1 is 1.50 bits per heavy atom. The number of hydrogen-bond acceptors (Lipinski definition) is 2. The van der Waals surface area contributed by atoms with E-state index >= 15 is 0 Å². The van der Waals surface area contributed by atoms with E-state index in [1.54, 1.807) is 0 Å². The average Bonchev–Trinajstić information content (AvgIpc) is 2.49. The lowest BCUT2D eigenvalue weighted by Gasteiger charge is -2.02. The van der Waals surface area contributed by atoms with E-state index in [1.807, 2.05) is 51.4 Å². The zero-order valence-corrected chi connectivity index (χ0v) is 12.0. The van der Waals surface area contributed by atoms with Crippen molar-refractivity contribution in [2.24, 2.45) is 0 Å². The first-order chi connectivity index (χ1) is 6.72. The Morgan fingerprint density at radius 2 is 2.29 bits per heavy atom. The molecule has 0 amide bonds. The van der Waals surface area contributed by atoms with E-state index in [-0.39, 0.29) is 0 Å². The van der Waals surface area contributed by atoms with Crippen LogP contribution in [0.25, 0.3) is 10.9 Å². The third-order valence-electron chi connectivity index (χ3n) is 1.78. The molecule has 6 heteroatoms. The maximum absolute atomic E-state index is 5.93. The van der Waals surface area contributed by atoms with E-state index in [9.17, 15) is 0 Å². The second-order valence-electron chi connectivity index (χ2n) is 2.60. The van der Waals surface area contributed by atoms with Gasteiger partial charge < -0.3 is 0 Å². The molecule has 0 radical (unpaired) electrons. The Labute approximate surface area is 113 Å². The van der Waals surface area contributed by atoms with E-state index < -0.39 is 0 Å². The molecular formula is C8H4BrClINOS. The van der Waals surface area contributed by atoms with E-state index in [1.165, 1.54) is 12.2 Å². The van der Waals surface area contributed by atoms with Gasteiger partial charge in [-0.3, -0.25) is 3.97 Å². The summed E-state index contributed by atoms with van der Waals surface area (Å²) in [4.78, 5) is 0. The highest BCUT2D eigenvalue weighted by Crippen LogP contribution is 2.32. The molecule has 0 aliphatic carbocycles. The Morgan fingerprint density at radius 3 is 3.00 bits per heavy atom. The van der Waals surface area contributed by atoms with Gasteiger partial charge in [-0.05, 0) is 34.1 Å². The molecule has 1 aromatic heterocycles. The van der Waals surface area contributed by atoms with Gasteiger partial charge in [0.25, 0.3) is 0 Å². The molecule has 0 saturated carbocycles. The number of fused-ring (bicyclic) bond motifs is 1. The Balaban J connectivity index is 2.66. The summed E-state index contributed by atoms with van der Waals surface area (Å²) in [6.07, 6.45) is 1.94. The second kappa shape index (κ2) is 4.61. The molecule has 2 rings (SSSR count). The second-order valence-corrected chi connectivity index (χ2v) is 5.64. The Kier molecular flexibility index (Phi) is 3.64. The molecule has 0 bridgehead atoms. The van der Waals surface area contributed by atoms with Crippen LogP contribution >= 0.6 is 62.8 Å². The molecule has 0 aliphatic rings. The van der Waals surface area contributed by atoms with Crippen LogP contribution in [0.5, 0.6) is 0 Å². The number of aromatic nitrogens is 1. The van der Waals surface area contributed by atoms with Gasteiger partial charge in [0.15, 0.2) is 0 Å². The highest BCUT2D eigenvalue weighted by Gasteiger charge is 2.07. The van der Waals surface area contributed by atoms with Gasteiger partial charge in [0.05, 0.1) is 5.52 Å². The maximum atomic E-state index is 5.93. The summed E-state index contributed by atoms with van der Waals surface area (Å²) >= 11 is 12.5. The third-order valence-corrected chi connectivity index (χ3v) is 3.60. The first-order valence-corrected chi connectivity index (χ1v) is 6.39. The number of hydrogen-bond donors (Lipinski definition) is 0. The van der Waals surface area contributed by atoms with Crippen molar-refractivity contribution < 1.29 is 2.51 Å². The van der Waals surface area contributed by atoms with Crippen molar-refractivity contribution in [3.8, 4) is 0 Å². The molecule has 0 unspecified atom stereocenters. The summed E-state index contributed by atoms with van der Waals surface area (Å²) < 4.78 is 7.87. The Bertz CT molecular complexity index is 476. The third kappa shape index (κ3) is 2.06. The molecule has 2 aromatic rings. The van der Waals surface area contributed by atoms with Gasteiger partial charge >= 0.3 is 0 Å². The fourth-order valence-electron chi connectivity index (χ4n) is 1.26. The van der Waals surface area contributed by atoms with E-state index in [2.05, 4.69) is 15.9 Å². The van der Waals surface area contributed by atoms with Crippen molar-refractivity contribution in [3.63, 3.8) is 0 Å². The largest absolute Gasteiger partial charge is 0.266 e. The number of benzene rings is 1. The molecule has 1 aromatic carbocycles. The zero-order valence-electron chi connectivity index (χ0n) is 6.71. The highest BCUT2D eigenvalue weighted by molar-refractivity contribution is 14.1. The fourth-order valence-corrected chi connectivity index (χ4v) is 3.37. The lowest BCUT2D eigenvalue weighted by atomic mass is 10.2. The lowest BCUT2D eigenvalue weighted by molar-refractivity contribution is 0.831. The monoisotopic (exact) mass is 403 g/mol. The predicted octanol–water partition coefficient (Wildman–Crippen LogP) is 4.84. The van der Waals surface area contributed by atoms with Crippen LogP contribution < -0.4 is 0 Å². The van der Waals surface area contributed by atoms with Crippen molar-refractivity contribution in [2.75, 3.05) is 0 Å². The van der Waals surface area contributed by atoms with Crippen LogP contribution in [0.4, 0.5) is 0 Å². The normalized spacial score (nSPS) is 11.1. The minimum Gasteiger partial charge on any atom is -0.266 e. The van der Waals surface area contributed by atoms with Gasteiger partial charge in [-0.15, -0.1) is 0 Å². The standard InChI is InChI=1S/C8H4BrClINOS/c9-7-4-6(10)3-5-1-2-12(8(5)7)14-13-11/h1-4H. The number of rotatable bonds is 2. The first kappa shape index (κ1) is 11.1. The van der Waals surface area contributed by atoms with Gasteiger partial charge in [-0.25, -0.2) is 2.51 Å². The summed E-state index contributed by atoms with van der Waals surface area (Å²) in [6.45, 7) is 0. The molecule has 0 N–H and O–H groups in total. The first-order valence-electron chi connectivity index (χ1n) is 3.64. The van der Waals surface area contributed by atoms with Crippen LogP contribution in [-0.4, -0.2) is 3.97 Å². The molecule has 1 heterocycles. The van der Waals surface area contributed by atoms with Crippen LogP contribution in [0.15, 0.2) is 28.9 Å². The van der Waals surface area contributed by atoms with Gasteiger partial charge in [0, 0.05) is 21.1 Å². The van der Waals surface area contributed by atoms with Crippen LogP contribution in [-0.2, 0) is 2.51 Å². The molecule has 0 saturated heterocycles. The summed E-state index contributed by atoms with van der Waals surface area (Å²) in [5.41, 5.74) is 1.07. The van der Waals surface area contributed by atoms with Gasteiger partial charge in [-0.2, -0.15) is 0 Å². The van der Waals surface area contributed by atoms with Crippen molar-refractivity contribution in [1.29, 1.82) is 0 Å². The molecule has 74 valence electrons. The van der Waals surface area contributed by atoms with Crippen LogP contribution in [0.2, 0.25) is 5.02 Å². The zero-order chi connectivity index (χ0) is 10.1. The lowest BCUT2D eigenvalue weighted by Crippen LogP contribution is -1.83. The summed E-state index contributed by atoms with van der Waals surface area (Å²) in [6, 6.07) is 5.79. The fraction of sp³-hybridized carbons (Fsp3) is 0. The number of halogens is 3. The molecule has 14 heavy (non-hydrogen) atoms. The number of nitrogens with zero attached hydrogens (tertiary/aromatic N) is 1. The Hall–Kier alpha value is 0.570. The smallest absolute Gasteiger partial charge is 0.129 e. The van der Waals surface area contributed by atoms with E-state index in [0.717, 1.165) is 20.4 Å². The van der Waals surface area contributed by atoms with Crippen molar-refractivity contribution in [1.82, 2.24) is 3.97 Å². The molecule has 0 atom stereocenters. The minimum absolute atomic E-state index is 0.725. The highest BCUT2D eigenvalue weighted by atomic mass is 127.